The van der Waals surface area contributed by atoms with Gasteiger partial charge in [-0.2, -0.15) is 0 Å². The molecule has 0 fully saturated rings. The van der Waals surface area contributed by atoms with E-state index in [2.05, 4.69) is 46.3 Å². The van der Waals surface area contributed by atoms with Gasteiger partial charge < -0.3 is 4.90 Å². The minimum Gasteiger partial charge on any atom is -0.378 e. The van der Waals surface area contributed by atoms with E-state index in [9.17, 15) is 0 Å². The summed E-state index contributed by atoms with van der Waals surface area (Å²) in [7, 11) is 4.10. The highest BCUT2D eigenvalue weighted by molar-refractivity contribution is 14.0. The van der Waals surface area contributed by atoms with E-state index in [-0.39, 0.29) is 24.0 Å². The van der Waals surface area contributed by atoms with Gasteiger partial charge in [0.1, 0.15) is 0 Å². The van der Waals surface area contributed by atoms with E-state index in [1.165, 1.54) is 16.8 Å². The van der Waals surface area contributed by atoms with Crippen LogP contribution in [0.2, 0.25) is 0 Å². The van der Waals surface area contributed by atoms with Crippen LogP contribution < -0.4 is 4.90 Å². The number of rotatable bonds is 4. The topological polar surface area (TPSA) is 16.1 Å². The van der Waals surface area contributed by atoms with Crippen LogP contribution in [0.3, 0.4) is 0 Å². The molecule has 0 amide bonds. The lowest BCUT2D eigenvalue weighted by Crippen LogP contribution is -2.07. The van der Waals surface area contributed by atoms with Crippen molar-refractivity contribution < 1.29 is 0 Å². The lowest BCUT2D eigenvalue weighted by molar-refractivity contribution is 1.13. The largest absolute Gasteiger partial charge is 0.378 e. The van der Waals surface area contributed by atoms with E-state index in [4.69, 9.17) is 0 Å². The Hall–Kier alpha value is -1.36. The zero-order chi connectivity index (χ0) is 12.8. The molecule has 2 aromatic rings. The molecule has 19 heavy (non-hydrogen) atoms. The summed E-state index contributed by atoms with van der Waals surface area (Å²) in [6.45, 7) is 0. The van der Waals surface area contributed by atoms with Gasteiger partial charge in [0, 0.05) is 32.2 Å². The maximum Gasteiger partial charge on any atom is 0.0361 e. The SMILES string of the molecule is CN(C)c1ccc(C=CCc2ccncc2)cc1.I. The average molecular weight is 366 g/mol. The second-order valence-electron chi connectivity index (χ2n) is 4.45. The summed E-state index contributed by atoms with van der Waals surface area (Å²) in [5, 5.41) is 0. The van der Waals surface area contributed by atoms with E-state index < -0.39 is 0 Å². The van der Waals surface area contributed by atoms with Gasteiger partial charge in [0.2, 0.25) is 0 Å². The van der Waals surface area contributed by atoms with Crippen molar-refractivity contribution in [3.63, 3.8) is 0 Å². The third-order valence-corrected chi connectivity index (χ3v) is 2.82. The number of halogens is 1. The summed E-state index contributed by atoms with van der Waals surface area (Å²) >= 11 is 0. The van der Waals surface area contributed by atoms with Crippen LogP contribution >= 0.6 is 24.0 Å². The number of allylic oxidation sites excluding steroid dienone is 1. The van der Waals surface area contributed by atoms with E-state index >= 15 is 0 Å². The second kappa shape index (κ2) is 7.94. The normalized spacial score (nSPS) is 10.2. The highest BCUT2D eigenvalue weighted by Gasteiger charge is 1.93. The summed E-state index contributed by atoms with van der Waals surface area (Å²) < 4.78 is 0. The Morgan fingerprint density at radius 1 is 1.00 bits per heavy atom. The first-order valence-electron chi connectivity index (χ1n) is 6.08. The molecule has 0 spiro atoms. The van der Waals surface area contributed by atoms with E-state index in [0.29, 0.717) is 0 Å². The number of anilines is 1. The van der Waals surface area contributed by atoms with Crippen LogP contribution in [0.5, 0.6) is 0 Å². The molecule has 1 aromatic carbocycles. The predicted molar refractivity (Wildman–Crippen MR) is 93.2 cm³/mol. The summed E-state index contributed by atoms with van der Waals surface area (Å²) in [5.74, 6) is 0. The molecule has 0 aliphatic carbocycles. The molecule has 2 nitrogen and oxygen atoms in total. The third kappa shape index (κ3) is 5.03. The van der Waals surface area contributed by atoms with Crippen molar-refractivity contribution >= 4 is 35.7 Å². The second-order valence-corrected chi connectivity index (χ2v) is 4.45. The lowest BCUT2D eigenvalue weighted by atomic mass is 10.1. The molecule has 1 aromatic heterocycles. The van der Waals surface area contributed by atoms with Gasteiger partial charge in [0.05, 0.1) is 0 Å². The summed E-state index contributed by atoms with van der Waals surface area (Å²) in [6, 6.07) is 12.6. The van der Waals surface area contributed by atoms with Gasteiger partial charge in [-0.25, -0.2) is 0 Å². The lowest BCUT2D eigenvalue weighted by Gasteiger charge is -2.11. The smallest absolute Gasteiger partial charge is 0.0361 e. The van der Waals surface area contributed by atoms with Crippen molar-refractivity contribution in [2.75, 3.05) is 19.0 Å². The minimum atomic E-state index is 0. The van der Waals surface area contributed by atoms with Crippen molar-refractivity contribution in [3.8, 4) is 0 Å². The molecule has 1 heterocycles. The number of hydrogen-bond donors (Lipinski definition) is 0. The van der Waals surface area contributed by atoms with Gasteiger partial charge in [0.25, 0.3) is 0 Å². The molecule has 0 unspecified atom stereocenters. The highest BCUT2D eigenvalue weighted by atomic mass is 127. The quantitative estimate of drug-likeness (QED) is 0.760. The summed E-state index contributed by atoms with van der Waals surface area (Å²) in [5.41, 5.74) is 3.74. The van der Waals surface area contributed by atoms with Gasteiger partial charge in [-0.3, -0.25) is 4.98 Å². The molecule has 2 rings (SSSR count). The molecule has 0 N–H and O–H groups in total. The van der Waals surface area contributed by atoms with E-state index in [0.717, 1.165) is 6.42 Å². The molecule has 100 valence electrons. The fraction of sp³-hybridized carbons (Fsp3) is 0.188. The fourth-order valence-electron chi connectivity index (χ4n) is 1.73. The molecule has 0 aliphatic heterocycles. The van der Waals surface area contributed by atoms with E-state index in [1.807, 2.05) is 38.6 Å². The number of aromatic nitrogens is 1. The Morgan fingerprint density at radius 3 is 2.21 bits per heavy atom. The van der Waals surface area contributed by atoms with Crippen molar-refractivity contribution in [2.24, 2.45) is 0 Å². The van der Waals surface area contributed by atoms with Crippen molar-refractivity contribution in [2.45, 2.75) is 6.42 Å². The predicted octanol–water partition coefficient (Wildman–Crippen LogP) is 4.02. The molecule has 0 bridgehead atoms. The maximum atomic E-state index is 4.01. The molecule has 0 radical (unpaired) electrons. The van der Waals surface area contributed by atoms with Crippen LogP contribution in [0.4, 0.5) is 5.69 Å². The van der Waals surface area contributed by atoms with Gasteiger partial charge in [-0.05, 0) is 41.8 Å². The molecule has 0 saturated carbocycles. The van der Waals surface area contributed by atoms with E-state index in [1.54, 1.807) is 0 Å². The van der Waals surface area contributed by atoms with Crippen LogP contribution in [0.25, 0.3) is 6.08 Å². The zero-order valence-corrected chi connectivity index (χ0v) is 13.6. The van der Waals surface area contributed by atoms with Crippen LogP contribution in [-0.4, -0.2) is 19.1 Å². The molecular weight excluding hydrogens is 347 g/mol. The van der Waals surface area contributed by atoms with Crippen molar-refractivity contribution in [1.29, 1.82) is 0 Å². The Kier molecular flexibility index (Phi) is 6.56. The minimum absolute atomic E-state index is 0. The summed E-state index contributed by atoms with van der Waals surface area (Å²) in [6.07, 6.45) is 8.93. The Bertz CT molecular complexity index is 504. The number of hydrogen-bond acceptors (Lipinski definition) is 2. The number of nitrogens with zero attached hydrogens (tertiary/aromatic N) is 2. The number of pyridine rings is 1. The fourth-order valence-corrected chi connectivity index (χ4v) is 1.73. The number of benzene rings is 1. The van der Waals surface area contributed by atoms with Gasteiger partial charge in [-0.15, -0.1) is 24.0 Å². The van der Waals surface area contributed by atoms with Crippen LogP contribution in [0.1, 0.15) is 11.1 Å². The zero-order valence-electron chi connectivity index (χ0n) is 11.3. The highest BCUT2D eigenvalue weighted by Crippen LogP contribution is 2.13. The molecule has 0 atom stereocenters. The van der Waals surface area contributed by atoms with Crippen molar-refractivity contribution in [1.82, 2.24) is 4.98 Å². The standard InChI is InChI=1S/C16H18N2.HI/c1-18(2)16-8-6-14(7-9-16)4-3-5-15-10-12-17-13-11-15;/h3-4,6-13H,5H2,1-2H3;1H. The summed E-state index contributed by atoms with van der Waals surface area (Å²) in [4.78, 5) is 6.11. The first-order valence-corrected chi connectivity index (χ1v) is 6.08. The molecule has 0 saturated heterocycles. The molecule has 0 aliphatic rings. The van der Waals surface area contributed by atoms with Gasteiger partial charge in [-0.1, -0.05) is 24.3 Å². The van der Waals surface area contributed by atoms with Crippen molar-refractivity contribution in [3.05, 3.63) is 66.0 Å². The first-order chi connectivity index (χ1) is 8.75. The average Bonchev–Trinajstić information content (AvgIpc) is 2.40. The Balaban J connectivity index is 0.00000180. The van der Waals surface area contributed by atoms with Crippen LogP contribution in [0.15, 0.2) is 54.9 Å². The maximum absolute atomic E-state index is 4.01. The van der Waals surface area contributed by atoms with Crippen LogP contribution in [0, 0.1) is 0 Å². The molecular formula is C16H19IN2. The van der Waals surface area contributed by atoms with Gasteiger partial charge >= 0.3 is 0 Å². The third-order valence-electron chi connectivity index (χ3n) is 2.82. The first kappa shape index (κ1) is 15.7. The Labute approximate surface area is 132 Å². The Morgan fingerprint density at radius 2 is 1.63 bits per heavy atom. The van der Waals surface area contributed by atoms with Crippen LogP contribution in [-0.2, 0) is 6.42 Å². The van der Waals surface area contributed by atoms with Gasteiger partial charge in [0.15, 0.2) is 0 Å². The monoisotopic (exact) mass is 366 g/mol. The molecule has 3 heteroatoms.